The molecule has 0 aromatic heterocycles. The number of hydrogen-bond donors (Lipinski definition) is 1. The average Bonchev–Trinajstić information content (AvgIpc) is 2.46. The Morgan fingerprint density at radius 1 is 1.14 bits per heavy atom. The third-order valence-electron chi connectivity index (χ3n) is 2.70. The van der Waals surface area contributed by atoms with E-state index >= 15 is 0 Å². The van der Waals surface area contributed by atoms with Gasteiger partial charge >= 0.3 is 0 Å². The zero-order valence-corrected chi connectivity index (χ0v) is 14.9. The molecule has 0 radical (unpaired) electrons. The van der Waals surface area contributed by atoms with E-state index in [4.69, 9.17) is 22.8 Å². The third kappa shape index (κ3) is 4.67. The maximum Gasteiger partial charge on any atom is 0.149 e. The summed E-state index contributed by atoms with van der Waals surface area (Å²) in [6.07, 6.45) is 5.20. The van der Waals surface area contributed by atoms with Crippen molar-refractivity contribution in [3.8, 4) is 18.1 Å². The number of terminal acetylenes is 1. The van der Waals surface area contributed by atoms with Crippen molar-refractivity contribution in [1.82, 2.24) is 0 Å². The SMILES string of the molecule is C#CCOc1c(Br)cc(CNc2ccc(Cl)cc2)cc1Br. The second-order valence-electron chi connectivity index (χ2n) is 4.24. The molecule has 108 valence electrons. The van der Waals surface area contributed by atoms with E-state index in [1.807, 2.05) is 36.4 Å². The highest BCUT2D eigenvalue weighted by molar-refractivity contribution is 9.11. The number of benzene rings is 2. The number of halogens is 3. The van der Waals surface area contributed by atoms with Crippen LogP contribution in [-0.4, -0.2) is 6.61 Å². The maximum atomic E-state index is 5.86. The van der Waals surface area contributed by atoms with Gasteiger partial charge in [0, 0.05) is 17.3 Å². The molecule has 0 heterocycles. The molecule has 0 aliphatic carbocycles. The zero-order chi connectivity index (χ0) is 15.2. The minimum atomic E-state index is 0.236. The van der Waals surface area contributed by atoms with Gasteiger partial charge in [0.25, 0.3) is 0 Å². The van der Waals surface area contributed by atoms with Crippen LogP contribution >= 0.6 is 43.5 Å². The van der Waals surface area contributed by atoms with Gasteiger partial charge in [-0.3, -0.25) is 0 Å². The van der Waals surface area contributed by atoms with Gasteiger partial charge < -0.3 is 10.1 Å². The fourth-order valence-electron chi connectivity index (χ4n) is 1.74. The minimum Gasteiger partial charge on any atom is -0.479 e. The molecule has 2 aromatic carbocycles. The molecule has 0 spiro atoms. The van der Waals surface area contributed by atoms with Gasteiger partial charge in [-0.1, -0.05) is 17.5 Å². The summed E-state index contributed by atoms with van der Waals surface area (Å²) in [5.74, 6) is 3.16. The fourth-order valence-corrected chi connectivity index (χ4v) is 3.37. The summed E-state index contributed by atoms with van der Waals surface area (Å²) in [6, 6.07) is 11.6. The Hall–Kier alpha value is -1.15. The molecule has 0 saturated carbocycles. The second kappa shape index (κ2) is 7.74. The minimum absolute atomic E-state index is 0.236. The van der Waals surface area contributed by atoms with Gasteiger partial charge in [-0.25, -0.2) is 0 Å². The normalized spacial score (nSPS) is 10.0. The monoisotopic (exact) mass is 427 g/mol. The zero-order valence-electron chi connectivity index (χ0n) is 11.0. The standard InChI is InChI=1S/C16H12Br2ClNO/c1-2-7-21-16-14(17)8-11(9-15(16)18)10-20-13-5-3-12(19)4-6-13/h1,3-6,8-9,20H,7,10H2. The quantitative estimate of drug-likeness (QED) is 0.635. The molecule has 5 heteroatoms. The largest absolute Gasteiger partial charge is 0.479 e. The van der Waals surface area contributed by atoms with Gasteiger partial charge in [0.15, 0.2) is 0 Å². The van der Waals surface area contributed by atoms with Crippen molar-refractivity contribution in [1.29, 1.82) is 0 Å². The third-order valence-corrected chi connectivity index (χ3v) is 4.13. The molecule has 0 unspecified atom stereocenters. The highest BCUT2D eigenvalue weighted by atomic mass is 79.9. The Morgan fingerprint density at radius 2 is 1.76 bits per heavy atom. The summed E-state index contributed by atoms with van der Waals surface area (Å²) in [7, 11) is 0. The average molecular weight is 430 g/mol. The van der Waals surface area contributed by atoms with Gasteiger partial charge in [0.05, 0.1) is 8.95 Å². The van der Waals surface area contributed by atoms with Crippen LogP contribution < -0.4 is 10.1 Å². The van der Waals surface area contributed by atoms with Crippen LogP contribution in [0.15, 0.2) is 45.3 Å². The molecule has 0 amide bonds. The lowest BCUT2D eigenvalue weighted by Crippen LogP contribution is -2.01. The predicted octanol–water partition coefficient (Wildman–Crippen LogP) is 5.49. The molecular formula is C16H12Br2ClNO. The molecule has 0 saturated heterocycles. The molecule has 0 fully saturated rings. The summed E-state index contributed by atoms with van der Waals surface area (Å²) in [4.78, 5) is 0. The predicted molar refractivity (Wildman–Crippen MR) is 94.9 cm³/mol. The molecule has 0 aliphatic heterocycles. The number of nitrogens with one attached hydrogen (secondary N) is 1. The number of hydrogen-bond acceptors (Lipinski definition) is 2. The summed E-state index contributed by atoms with van der Waals surface area (Å²) >= 11 is 12.9. The first-order valence-electron chi connectivity index (χ1n) is 6.14. The van der Waals surface area contributed by atoms with E-state index in [2.05, 4.69) is 43.1 Å². The van der Waals surface area contributed by atoms with Crippen molar-refractivity contribution >= 4 is 49.1 Å². The molecule has 1 N–H and O–H groups in total. The van der Waals surface area contributed by atoms with E-state index in [9.17, 15) is 0 Å². The van der Waals surface area contributed by atoms with Gasteiger partial charge in [0.2, 0.25) is 0 Å². The fraction of sp³-hybridized carbons (Fsp3) is 0.125. The topological polar surface area (TPSA) is 21.3 Å². The highest BCUT2D eigenvalue weighted by Crippen LogP contribution is 2.35. The van der Waals surface area contributed by atoms with E-state index in [1.54, 1.807) is 0 Å². The summed E-state index contributed by atoms with van der Waals surface area (Å²) in [5.41, 5.74) is 2.12. The number of ether oxygens (including phenoxy) is 1. The Bertz CT molecular complexity index is 642. The van der Waals surface area contributed by atoms with Gasteiger partial charge in [-0.15, -0.1) is 6.42 Å². The lowest BCUT2D eigenvalue weighted by Gasteiger charge is -2.12. The molecule has 0 bridgehead atoms. The van der Waals surface area contributed by atoms with Crippen LogP contribution in [0, 0.1) is 12.3 Å². The molecule has 21 heavy (non-hydrogen) atoms. The van der Waals surface area contributed by atoms with E-state index in [0.717, 1.165) is 25.2 Å². The van der Waals surface area contributed by atoms with Crippen LogP contribution in [0.3, 0.4) is 0 Å². The van der Waals surface area contributed by atoms with Crippen molar-refractivity contribution < 1.29 is 4.74 Å². The van der Waals surface area contributed by atoms with E-state index in [1.165, 1.54) is 0 Å². The Balaban J connectivity index is 2.07. The van der Waals surface area contributed by atoms with Crippen molar-refractivity contribution in [2.24, 2.45) is 0 Å². The summed E-state index contributed by atoms with van der Waals surface area (Å²) in [6.45, 7) is 0.924. The van der Waals surface area contributed by atoms with Crippen LogP contribution in [0.5, 0.6) is 5.75 Å². The maximum absolute atomic E-state index is 5.86. The van der Waals surface area contributed by atoms with Crippen LogP contribution in [0.2, 0.25) is 5.02 Å². The first kappa shape index (κ1) is 16.2. The number of anilines is 1. The highest BCUT2D eigenvalue weighted by Gasteiger charge is 2.08. The van der Waals surface area contributed by atoms with E-state index in [-0.39, 0.29) is 6.61 Å². The first-order chi connectivity index (χ1) is 10.1. The molecule has 0 aliphatic rings. The molecule has 0 atom stereocenters. The molecule has 2 nitrogen and oxygen atoms in total. The van der Waals surface area contributed by atoms with E-state index < -0.39 is 0 Å². The van der Waals surface area contributed by atoms with Crippen LogP contribution in [0.25, 0.3) is 0 Å². The van der Waals surface area contributed by atoms with Gasteiger partial charge in [-0.05, 0) is 73.8 Å². The van der Waals surface area contributed by atoms with Gasteiger partial charge in [-0.2, -0.15) is 0 Å². The van der Waals surface area contributed by atoms with Crippen LogP contribution in [0.4, 0.5) is 5.69 Å². The number of rotatable bonds is 5. The lowest BCUT2D eigenvalue weighted by molar-refractivity contribution is 0.365. The lowest BCUT2D eigenvalue weighted by atomic mass is 10.2. The van der Waals surface area contributed by atoms with Crippen molar-refractivity contribution in [2.75, 3.05) is 11.9 Å². The molecular weight excluding hydrogens is 417 g/mol. The van der Waals surface area contributed by atoms with Crippen molar-refractivity contribution in [2.45, 2.75) is 6.54 Å². The van der Waals surface area contributed by atoms with E-state index in [0.29, 0.717) is 12.3 Å². The Morgan fingerprint density at radius 3 is 2.33 bits per heavy atom. The summed E-state index contributed by atoms with van der Waals surface area (Å²) < 4.78 is 7.21. The first-order valence-corrected chi connectivity index (χ1v) is 8.10. The van der Waals surface area contributed by atoms with Crippen LogP contribution in [-0.2, 0) is 6.54 Å². The second-order valence-corrected chi connectivity index (χ2v) is 6.39. The smallest absolute Gasteiger partial charge is 0.149 e. The Kier molecular flexibility index (Phi) is 5.98. The van der Waals surface area contributed by atoms with Gasteiger partial charge in [0.1, 0.15) is 12.4 Å². The summed E-state index contributed by atoms with van der Waals surface area (Å²) in [5, 5.41) is 4.05. The Labute approximate surface area is 146 Å². The van der Waals surface area contributed by atoms with Crippen molar-refractivity contribution in [3.05, 3.63) is 55.9 Å². The molecule has 2 rings (SSSR count). The van der Waals surface area contributed by atoms with Crippen LogP contribution in [0.1, 0.15) is 5.56 Å². The van der Waals surface area contributed by atoms with Crippen molar-refractivity contribution in [3.63, 3.8) is 0 Å². The molecule has 2 aromatic rings.